The van der Waals surface area contributed by atoms with Crippen LogP contribution in [0.25, 0.3) is 0 Å². The van der Waals surface area contributed by atoms with Gasteiger partial charge < -0.3 is 15.8 Å². The van der Waals surface area contributed by atoms with E-state index in [-0.39, 0.29) is 12.1 Å². The lowest BCUT2D eigenvalue weighted by Gasteiger charge is -2.12. The number of hydrogen-bond donors (Lipinski definition) is 2. The molecular formula is C13H18N2O2. The summed E-state index contributed by atoms with van der Waals surface area (Å²) in [4.78, 5) is 11.4. The number of nitrogens with one attached hydrogen (secondary N) is 1. The van der Waals surface area contributed by atoms with E-state index in [4.69, 9.17) is 10.5 Å². The molecule has 0 aliphatic carbocycles. The summed E-state index contributed by atoms with van der Waals surface area (Å²) in [6, 6.07) is 6.05. The third-order valence-corrected chi connectivity index (χ3v) is 3.03. The Kier molecular flexibility index (Phi) is 3.76. The molecule has 17 heavy (non-hydrogen) atoms. The molecule has 0 saturated carbocycles. The van der Waals surface area contributed by atoms with Crippen LogP contribution in [0.2, 0.25) is 0 Å². The van der Waals surface area contributed by atoms with Gasteiger partial charge in [0, 0.05) is 25.6 Å². The van der Waals surface area contributed by atoms with Crippen molar-refractivity contribution in [2.75, 3.05) is 12.4 Å². The van der Waals surface area contributed by atoms with E-state index in [0.717, 1.165) is 24.1 Å². The van der Waals surface area contributed by atoms with Gasteiger partial charge in [-0.15, -0.1) is 0 Å². The fourth-order valence-electron chi connectivity index (χ4n) is 2.07. The zero-order chi connectivity index (χ0) is 12.3. The summed E-state index contributed by atoms with van der Waals surface area (Å²) in [6.45, 7) is 0. The molecule has 92 valence electrons. The third kappa shape index (κ3) is 3.05. The van der Waals surface area contributed by atoms with Crippen LogP contribution >= 0.6 is 0 Å². The minimum Gasteiger partial charge on any atom is -0.366 e. The SMILES string of the molecule is COC(N)Cc1ccc2c(c1)CCCC(=O)N2. The Hall–Kier alpha value is -1.39. The summed E-state index contributed by atoms with van der Waals surface area (Å²) in [7, 11) is 1.61. The second kappa shape index (κ2) is 5.29. The molecule has 0 aromatic heterocycles. The predicted molar refractivity (Wildman–Crippen MR) is 66.7 cm³/mol. The summed E-state index contributed by atoms with van der Waals surface area (Å²) < 4.78 is 5.05. The maximum absolute atomic E-state index is 11.4. The van der Waals surface area contributed by atoms with Crippen LogP contribution in [0.4, 0.5) is 5.69 Å². The highest BCUT2D eigenvalue weighted by molar-refractivity contribution is 5.92. The number of ether oxygens (including phenoxy) is 1. The average molecular weight is 234 g/mol. The Balaban J connectivity index is 2.18. The zero-order valence-corrected chi connectivity index (χ0v) is 10.0. The van der Waals surface area contributed by atoms with Crippen LogP contribution in [0.3, 0.4) is 0 Å². The lowest BCUT2D eigenvalue weighted by molar-refractivity contribution is -0.116. The quantitative estimate of drug-likeness (QED) is 0.778. The summed E-state index contributed by atoms with van der Waals surface area (Å²) in [5.74, 6) is 0.102. The molecule has 0 fully saturated rings. The minimum absolute atomic E-state index is 0.102. The van der Waals surface area contributed by atoms with Crippen LogP contribution in [0.1, 0.15) is 24.0 Å². The number of fused-ring (bicyclic) bond motifs is 1. The van der Waals surface area contributed by atoms with E-state index in [9.17, 15) is 4.79 Å². The van der Waals surface area contributed by atoms with Crippen molar-refractivity contribution in [2.45, 2.75) is 31.9 Å². The number of nitrogens with two attached hydrogens (primary N) is 1. The Bertz CT molecular complexity index is 418. The molecule has 1 aliphatic heterocycles. The molecule has 0 bridgehead atoms. The molecule has 2 rings (SSSR count). The maximum Gasteiger partial charge on any atom is 0.224 e. The first-order valence-corrected chi connectivity index (χ1v) is 5.89. The van der Waals surface area contributed by atoms with Gasteiger partial charge in [0.1, 0.15) is 6.23 Å². The highest BCUT2D eigenvalue weighted by atomic mass is 16.5. The van der Waals surface area contributed by atoms with Crippen molar-refractivity contribution in [3.63, 3.8) is 0 Å². The number of hydrogen-bond acceptors (Lipinski definition) is 3. The van der Waals surface area contributed by atoms with Crippen molar-refractivity contribution >= 4 is 11.6 Å². The van der Waals surface area contributed by atoms with Crippen molar-refractivity contribution in [3.05, 3.63) is 29.3 Å². The third-order valence-electron chi connectivity index (χ3n) is 3.03. The molecule has 4 nitrogen and oxygen atoms in total. The smallest absolute Gasteiger partial charge is 0.224 e. The number of benzene rings is 1. The van der Waals surface area contributed by atoms with Gasteiger partial charge in [0.15, 0.2) is 0 Å². The predicted octanol–water partition coefficient (Wildman–Crippen LogP) is 1.44. The number of aryl methyl sites for hydroxylation is 1. The van der Waals surface area contributed by atoms with Crippen LogP contribution in [-0.2, 0) is 22.4 Å². The Morgan fingerprint density at radius 2 is 2.29 bits per heavy atom. The molecule has 3 N–H and O–H groups in total. The van der Waals surface area contributed by atoms with E-state index < -0.39 is 0 Å². The van der Waals surface area contributed by atoms with Crippen LogP contribution in [0.5, 0.6) is 0 Å². The lowest BCUT2D eigenvalue weighted by Crippen LogP contribution is -2.24. The summed E-state index contributed by atoms with van der Waals surface area (Å²) >= 11 is 0. The molecule has 1 aromatic rings. The van der Waals surface area contributed by atoms with Crippen LogP contribution in [0.15, 0.2) is 18.2 Å². The average Bonchev–Trinajstić information content (AvgIpc) is 2.49. The molecule has 1 aliphatic rings. The van der Waals surface area contributed by atoms with Crippen LogP contribution in [-0.4, -0.2) is 19.2 Å². The minimum atomic E-state index is -0.270. The lowest BCUT2D eigenvalue weighted by atomic mass is 10.0. The van der Waals surface area contributed by atoms with Gasteiger partial charge in [0.05, 0.1) is 0 Å². The van der Waals surface area contributed by atoms with Crippen LogP contribution in [0, 0.1) is 0 Å². The van der Waals surface area contributed by atoms with Gasteiger partial charge in [0.2, 0.25) is 5.91 Å². The highest BCUT2D eigenvalue weighted by Gasteiger charge is 2.13. The first kappa shape index (κ1) is 12.1. The standard InChI is InChI=1S/C13H18N2O2/c1-17-12(14)8-9-5-6-11-10(7-9)3-2-4-13(16)15-11/h5-7,12H,2-4,8,14H2,1H3,(H,15,16). The summed E-state index contributed by atoms with van der Waals surface area (Å²) in [5.41, 5.74) is 9.01. The van der Waals surface area contributed by atoms with E-state index in [0.29, 0.717) is 12.8 Å². The maximum atomic E-state index is 11.4. The fourth-order valence-corrected chi connectivity index (χ4v) is 2.07. The van der Waals surface area contributed by atoms with Gasteiger partial charge in [-0.25, -0.2) is 0 Å². The second-order valence-electron chi connectivity index (χ2n) is 4.37. The van der Waals surface area contributed by atoms with Crippen molar-refractivity contribution < 1.29 is 9.53 Å². The summed E-state index contributed by atoms with van der Waals surface area (Å²) in [5, 5.41) is 2.92. The summed E-state index contributed by atoms with van der Waals surface area (Å²) in [6.07, 6.45) is 2.86. The van der Waals surface area contributed by atoms with Gasteiger partial charge in [0.25, 0.3) is 0 Å². The van der Waals surface area contributed by atoms with E-state index in [1.54, 1.807) is 7.11 Å². The van der Waals surface area contributed by atoms with Gasteiger partial charge in [-0.2, -0.15) is 0 Å². The van der Waals surface area contributed by atoms with Gasteiger partial charge in [-0.1, -0.05) is 12.1 Å². The fraction of sp³-hybridized carbons (Fsp3) is 0.462. The van der Waals surface area contributed by atoms with Crippen molar-refractivity contribution in [3.8, 4) is 0 Å². The van der Waals surface area contributed by atoms with Gasteiger partial charge in [-0.05, 0) is 30.0 Å². The molecule has 0 saturated heterocycles. The number of rotatable bonds is 3. The van der Waals surface area contributed by atoms with Crippen LogP contribution < -0.4 is 11.1 Å². The number of methoxy groups -OCH3 is 1. The molecule has 1 aromatic carbocycles. The van der Waals surface area contributed by atoms with Gasteiger partial charge in [-0.3, -0.25) is 4.79 Å². The molecule has 1 atom stereocenters. The van der Waals surface area contributed by atoms with E-state index >= 15 is 0 Å². The van der Waals surface area contributed by atoms with Crippen molar-refractivity contribution in [1.29, 1.82) is 0 Å². The molecule has 1 amide bonds. The van der Waals surface area contributed by atoms with E-state index in [1.807, 2.05) is 12.1 Å². The number of anilines is 1. The number of carbonyl (C=O) groups excluding carboxylic acids is 1. The molecule has 0 spiro atoms. The Morgan fingerprint density at radius 3 is 3.06 bits per heavy atom. The van der Waals surface area contributed by atoms with Crippen molar-refractivity contribution in [1.82, 2.24) is 0 Å². The van der Waals surface area contributed by atoms with Gasteiger partial charge >= 0.3 is 0 Å². The molecule has 1 heterocycles. The number of amides is 1. The van der Waals surface area contributed by atoms with Crippen molar-refractivity contribution in [2.24, 2.45) is 5.73 Å². The Labute approximate surface area is 101 Å². The monoisotopic (exact) mass is 234 g/mol. The first-order valence-electron chi connectivity index (χ1n) is 5.89. The largest absolute Gasteiger partial charge is 0.366 e. The van der Waals surface area contributed by atoms with E-state index in [2.05, 4.69) is 11.4 Å². The first-order chi connectivity index (χ1) is 8.19. The Morgan fingerprint density at radius 1 is 1.47 bits per heavy atom. The molecular weight excluding hydrogens is 216 g/mol. The zero-order valence-electron chi connectivity index (χ0n) is 10.0. The normalized spacial score (nSPS) is 16.9. The molecule has 1 unspecified atom stereocenters. The molecule has 4 heteroatoms. The topological polar surface area (TPSA) is 64.3 Å². The second-order valence-corrected chi connectivity index (χ2v) is 4.37. The molecule has 0 radical (unpaired) electrons. The highest BCUT2D eigenvalue weighted by Crippen LogP contribution is 2.23. The number of carbonyl (C=O) groups is 1. The van der Waals surface area contributed by atoms with E-state index in [1.165, 1.54) is 5.56 Å².